The lowest BCUT2D eigenvalue weighted by Crippen LogP contribution is -2.37. The summed E-state index contributed by atoms with van der Waals surface area (Å²) >= 11 is 5.17. The van der Waals surface area contributed by atoms with Gasteiger partial charge in [-0.1, -0.05) is 12.8 Å². The van der Waals surface area contributed by atoms with E-state index in [0.717, 1.165) is 21.7 Å². The second kappa shape index (κ2) is 5.43. The van der Waals surface area contributed by atoms with Crippen LogP contribution in [0.2, 0.25) is 0 Å². The number of Topliss-reactive ketones (excluding diaryl/α,β-unsaturated/α-hetero) is 1. The summed E-state index contributed by atoms with van der Waals surface area (Å²) in [5.74, 6) is 1.12. The van der Waals surface area contributed by atoms with Gasteiger partial charge < -0.3 is 5.32 Å². The number of thiophene rings is 1. The van der Waals surface area contributed by atoms with E-state index < -0.39 is 0 Å². The number of halogens is 1. The normalized spacial score (nSPS) is 31.3. The molecule has 98 valence electrons. The molecule has 3 unspecified atom stereocenters. The average molecular weight is 328 g/mol. The number of hydrogen-bond acceptors (Lipinski definition) is 3. The highest BCUT2D eigenvalue weighted by Crippen LogP contribution is 2.34. The molecule has 2 nitrogen and oxygen atoms in total. The summed E-state index contributed by atoms with van der Waals surface area (Å²) in [5.41, 5.74) is 0. The molecule has 0 spiro atoms. The van der Waals surface area contributed by atoms with Gasteiger partial charge >= 0.3 is 0 Å². The van der Waals surface area contributed by atoms with Crippen molar-refractivity contribution in [3.63, 3.8) is 0 Å². The largest absolute Gasteiger partial charge is 0.304 e. The molecule has 2 fully saturated rings. The summed E-state index contributed by atoms with van der Waals surface area (Å²) in [5, 5.41) is 5.60. The van der Waals surface area contributed by atoms with E-state index in [-0.39, 0.29) is 6.04 Å². The van der Waals surface area contributed by atoms with Crippen LogP contribution in [-0.4, -0.2) is 17.9 Å². The van der Waals surface area contributed by atoms with Crippen molar-refractivity contribution in [3.8, 4) is 0 Å². The first-order valence-corrected chi connectivity index (χ1v) is 8.42. The van der Waals surface area contributed by atoms with Crippen LogP contribution in [0.15, 0.2) is 15.9 Å². The van der Waals surface area contributed by atoms with Crippen LogP contribution in [0.1, 0.15) is 37.0 Å². The Morgan fingerprint density at radius 3 is 3.00 bits per heavy atom. The fourth-order valence-electron chi connectivity index (χ4n) is 3.30. The van der Waals surface area contributed by atoms with Crippen LogP contribution in [0, 0.1) is 5.92 Å². The summed E-state index contributed by atoms with van der Waals surface area (Å²) in [6.07, 6.45) is 6.88. The van der Waals surface area contributed by atoms with E-state index in [2.05, 4.69) is 21.2 Å². The molecule has 3 rings (SSSR count). The molecule has 18 heavy (non-hydrogen) atoms. The summed E-state index contributed by atoms with van der Waals surface area (Å²) in [6, 6.07) is 2.74. The van der Waals surface area contributed by atoms with Crippen molar-refractivity contribution in [1.29, 1.82) is 0 Å². The minimum Gasteiger partial charge on any atom is -0.304 e. The number of hydrogen-bond donors (Lipinski definition) is 1. The maximum absolute atomic E-state index is 12.3. The van der Waals surface area contributed by atoms with Crippen molar-refractivity contribution in [1.82, 2.24) is 5.32 Å². The second-order valence-electron chi connectivity index (χ2n) is 5.44. The van der Waals surface area contributed by atoms with Gasteiger partial charge in [-0.25, -0.2) is 0 Å². The molecule has 1 saturated heterocycles. The van der Waals surface area contributed by atoms with E-state index in [1.54, 1.807) is 11.3 Å². The van der Waals surface area contributed by atoms with Crippen LogP contribution in [0.3, 0.4) is 0 Å². The SMILES string of the molecule is O=C(Cc1sccc1Br)C1CC2CCCCC2N1. The number of ketones is 1. The van der Waals surface area contributed by atoms with Gasteiger partial charge in [-0.2, -0.15) is 0 Å². The van der Waals surface area contributed by atoms with Gasteiger partial charge in [0.2, 0.25) is 0 Å². The van der Waals surface area contributed by atoms with Crippen molar-refractivity contribution in [2.24, 2.45) is 5.92 Å². The van der Waals surface area contributed by atoms with Gasteiger partial charge in [-0.3, -0.25) is 4.79 Å². The zero-order chi connectivity index (χ0) is 12.5. The van der Waals surface area contributed by atoms with Crippen LogP contribution in [0.5, 0.6) is 0 Å². The standard InChI is InChI=1S/C14H18BrNOS/c15-10-5-6-18-14(10)8-13(17)12-7-9-3-1-2-4-11(9)16-12/h5-6,9,11-12,16H,1-4,7-8H2. The van der Waals surface area contributed by atoms with E-state index in [4.69, 9.17) is 0 Å². The molecule has 0 amide bonds. The first-order chi connectivity index (χ1) is 8.74. The number of fused-ring (bicyclic) bond motifs is 1. The number of nitrogens with one attached hydrogen (secondary N) is 1. The van der Waals surface area contributed by atoms with Crippen LogP contribution in [0.25, 0.3) is 0 Å². The second-order valence-corrected chi connectivity index (χ2v) is 7.30. The van der Waals surface area contributed by atoms with E-state index in [0.29, 0.717) is 18.2 Å². The summed E-state index contributed by atoms with van der Waals surface area (Å²) < 4.78 is 1.08. The molecule has 1 aliphatic carbocycles. The summed E-state index contributed by atoms with van der Waals surface area (Å²) in [4.78, 5) is 13.5. The molecule has 4 heteroatoms. The van der Waals surface area contributed by atoms with Crippen molar-refractivity contribution < 1.29 is 4.79 Å². The Labute approximate surface area is 120 Å². The van der Waals surface area contributed by atoms with Crippen molar-refractivity contribution in [3.05, 3.63) is 20.8 Å². The van der Waals surface area contributed by atoms with Crippen molar-refractivity contribution >= 4 is 33.0 Å². The monoisotopic (exact) mass is 327 g/mol. The predicted octanol–water partition coefficient (Wildman–Crippen LogP) is 3.54. The molecule has 0 aromatic carbocycles. The van der Waals surface area contributed by atoms with Gasteiger partial charge in [-0.05, 0) is 52.6 Å². The molecule has 1 N–H and O–H groups in total. The smallest absolute Gasteiger partial charge is 0.154 e. The zero-order valence-corrected chi connectivity index (χ0v) is 12.7. The third kappa shape index (κ3) is 2.56. The number of carbonyl (C=O) groups excluding carboxylic acids is 1. The van der Waals surface area contributed by atoms with E-state index >= 15 is 0 Å². The fourth-order valence-corrected chi connectivity index (χ4v) is 4.80. The fraction of sp³-hybridized carbons (Fsp3) is 0.643. The Balaban J connectivity index is 1.62. The number of carbonyl (C=O) groups is 1. The molecule has 1 saturated carbocycles. The predicted molar refractivity (Wildman–Crippen MR) is 78.0 cm³/mol. The maximum atomic E-state index is 12.3. The maximum Gasteiger partial charge on any atom is 0.154 e. The molecule has 2 aliphatic rings. The van der Waals surface area contributed by atoms with Crippen LogP contribution in [0.4, 0.5) is 0 Å². The van der Waals surface area contributed by atoms with Gasteiger partial charge in [0.15, 0.2) is 5.78 Å². The summed E-state index contributed by atoms with van der Waals surface area (Å²) in [6.45, 7) is 0. The van der Waals surface area contributed by atoms with Gasteiger partial charge in [0, 0.05) is 21.8 Å². The van der Waals surface area contributed by atoms with Crippen LogP contribution < -0.4 is 5.32 Å². The van der Waals surface area contributed by atoms with Crippen LogP contribution in [-0.2, 0) is 11.2 Å². The Kier molecular flexibility index (Phi) is 3.87. The third-order valence-electron chi connectivity index (χ3n) is 4.28. The van der Waals surface area contributed by atoms with Crippen LogP contribution >= 0.6 is 27.3 Å². The van der Waals surface area contributed by atoms with E-state index in [1.165, 1.54) is 25.7 Å². The highest BCUT2D eigenvalue weighted by molar-refractivity contribution is 9.10. The molecule has 1 aromatic heterocycles. The Morgan fingerprint density at radius 2 is 2.28 bits per heavy atom. The van der Waals surface area contributed by atoms with Crippen molar-refractivity contribution in [2.45, 2.75) is 50.6 Å². The molecule has 0 radical (unpaired) electrons. The molecular weight excluding hydrogens is 310 g/mol. The third-order valence-corrected chi connectivity index (χ3v) is 6.20. The minimum atomic E-state index is 0.104. The highest BCUT2D eigenvalue weighted by Gasteiger charge is 2.37. The Morgan fingerprint density at radius 1 is 1.44 bits per heavy atom. The lowest BCUT2D eigenvalue weighted by molar-refractivity contribution is -0.120. The highest BCUT2D eigenvalue weighted by atomic mass is 79.9. The lowest BCUT2D eigenvalue weighted by atomic mass is 9.84. The quantitative estimate of drug-likeness (QED) is 0.919. The van der Waals surface area contributed by atoms with E-state index in [1.807, 2.05) is 11.4 Å². The molecule has 0 bridgehead atoms. The topological polar surface area (TPSA) is 29.1 Å². The summed E-state index contributed by atoms with van der Waals surface area (Å²) in [7, 11) is 0. The van der Waals surface area contributed by atoms with Gasteiger partial charge in [0.25, 0.3) is 0 Å². The molecule has 2 heterocycles. The average Bonchev–Trinajstić information content (AvgIpc) is 2.96. The Hall–Kier alpha value is -0.190. The first-order valence-electron chi connectivity index (χ1n) is 6.74. The molecule has 3 atom stereocenters. The Bertz CT molecular complexity index is 431. The van der Waals surface area contributed by atoms with E-state index in [9.17, 15) is 4.79 Å². The molecular formula is C14H18BrNOS. The molecule has 1 aromatic rings. The van der Waals surface area contributed by atoms with Crippen molar-refractivity contribution in [2.75, 3.05) is 0 Å². The van der Waals surface area contributed by atoms with Gasteiger partial charge in [0.1, 0.15) is 0 Å². The minimum absolute atomic E-state index is 0.104. The van der Waals surface area contributed by atoms with Gasteiger partial charge in [0.05, 0.1) is 6.04 Å². The van der Waals surface area contributed by atoms with Gasteiger partial charge in [-0.15, -0.1) is 11.3 Å². The first kappa shape index (κ1) is 12.8. The zero-order valence-electron chi connectivity index (χ0n) is 10.3. The lowest BCUT2D eigenvalue weighted by Gasteiger charge is -2.24. The number of rotatable bonds is 3. The molecule has 1 aliphatic heterocycles.